The van der Waals surface area contributed by atoms with Gasteiger partial charge in [-0.1, -0.05) is 0 Å². The molecule has 29 heavy (non-hydrogen) atoms. The number of hydrogen-bond acceptors (Lipinski definition) is 6. The molecule has 0 saturated carbocycles. The van der Waals surface area contributed by atoms with Crippen molar-refractivity contribution >= 4 is 23.7 Å². The number of carbonyl (C=O) groups excluding carboxylic acids is 3. The van der Waals surface area contributed by atoms with Crippen LogP contribution in [0, 0.1) is 6.92 Å². The highest BCUT2D eigenvalue weighted by Crippen LogP contribution is 2.37. The quantitative estimate of drug-likeness (QED) is 0.489. The maximum Gasteiger partial charge on any atom is 0.416 e. The molecule has 0 heterocycles. The molecular weight excluding hydrogens is 395 g/mol. The molecule has 0 aliphatic carbocycles. The lowest BCUT2D eigenvalue weighted by Gasteiger charge is -2.26. The van der Waals surface area contributed by atoms with Gasteiger partial charge in [-0.2, -0.15) is 13.2 Å². The van der Waals surface area contributed by atoms with E-state index in [1.165, 1.54) is 14.0 Å². The second-order valence-electron chi connectivity index (χ2n) is 6.44. The van der Waals surface area contributed by atoms with Crippen LogP contribution in [0.3, 0.4) is 0 Å². The van der Waals surface area contributed by atoms with Gasteiger partial charge in [0.25, 0.3) is 0 Å². The van der Waals surface area contributed by atoms with Crippen LogP contribution in [0.4, 0.5) is 23.7 Å². The van der Waals surface area contributed by atoms with Crippen LogP contribution in [-0.2, 0) is 25.2 Å². The summed E-state index contributed by atoms with van der Waals surface area (Å²) in [6.07, 6.45) is -6.21. The zero-order chi connectivity index (χ0) is 22.4. The molecule has 10 heteroatoms. The summed E-state index contributed by atoms with van der Waals surface area (Å²) >= 11 is 0. The summed E-state index contributed by atoms with van der Waals surface area (Å²) in [6.45, 7) is 4.17. The third-order valence-electron chi connectivity index (χ3n) is 3.89. The minimum absolute atomic E-state index is 0.0759. The minimum Gasteiger partial charge on any atom is -0.469 e. The standard InChI is InChI=1S/C19H24F3NO6/c1-11(2)29-18(26)23(8-6-7-16(24)27-4)15-10-14(19(20,21)22)12(3)9-13(15)17(25)28-5/h9-11H,6-8H2,1-5H3. The summed E-state index contributed by atoms with van der Waals surface area (Å²) in [4.78, 5) is 37.0. The topological polar surface area (TPSA) is 82.1 Å². The molecule has 0 atom stereocenters. The molecule has 0 saturated heterocycles. The Morgan fingerprint density at radius 2 is 1.72 bits per heavy atom. The SMILES string of the molecule is COC(=O)CCCN(C(=O)OC(C)C)c1cc(C(F)(F)F)c(C)cc1C(=O)OC. The number of rotatable bonds is 7. The Hall–Kier alpha value is -2.78. The monoisotopic (exact) mass is 419 g/mol. The number of alkyl halides is 3. The first kappa shape index (κ1) is 24.3. The molecule has 0 aliphatic rings. The lowest BCUT2D eigenvalue weighted by Crippen LogP contribution is -2.36. The van der Waals surface area contributed by atoms with Crippen molar-refractivity contribution in [2.24, 2.45) is 0 Å². The van der Waals surface area contributed by atoms with Gasteiger partial charge in [-0.3, -0.25) is 9.69 Å². The Labute approximate surface area is 166 Å². The lowest BCUT2D eigenvalue weighted by atomic mass is 10.0. The number of esters is 2. The zero-order valence-electron chi connectivity index (χ0n) is 16.9. The Kier molecular flexibility index (Phi) is 8.47. The van der Waals surface area contributed by atoms with E-state index >= 15 is 0 Å². The van der Waals surface area contributed by atoms with Crippen LogP contribution >= 0.6 is 0 Å². The van der Waals surface area contributed by atoms with Gasteiger partial charge in [0, 0.05) is 13.0 Å². The highest BCUT2D eigenvalue weighted by atomic mass is 19.4. The molecule has 7 nitrogen and oxygen atoms in total. The van der Waals surface area contributed by atoms with Crippen molar-refractivity contribution in [2.75, 3.05) is 25.7 Å². The number of nitrogens with zero attached hydrogens (tertiary/aromatic N) is 1. The third-order valence-corrected chi connectivity index (χ3v) is 3.89. The summed E-state index contributed by atoms with van der Waals surface area (Å²) in [5.41, 5.74) is -1.74. The molecule has 1 rings (SSSR count). The van der Waals surface area contributed by atoms with E-state index in [-0.39, 0.29) is 36.2 Å². The molecule has 0 unspecified atom stereocenters. The van der Waals surface area contributed by atoms with Crippen molar-refractivity contribution in [1.82, 2.24) is 0 Å². The second kappa shape index (κ2) is 10.1. The number of aryl methyl sites for hydroxylation is 1. The van der Waals surface area contributed by atoms with Gasteiger partial charge in [0.05, 0.1) is 37.1 Å². The lowest BCUT2D eigenvalue weighted by molar-refractivity contribution is -0.140. The van der Waals surface area contributed by atoms with Crippen LogP contribution in [0.2, 0.25) is 0 Å². The maximum absolute atomic E-state index is 13.4. The molecule has 0 bridgehead atoms. The number of halogens is 3. The highest BCUT2D eigenvalue weighted by molar-refractivity contribution is 6.01. The van der Waals surface area contributed by atoms with E-state index in [1.54, 1.807) is 13.8 Å². The predicted molar refractivity (Wildman–Crippen MR) is 97.7 cm³/mol. The molecule has 0 aromatic heterocycles. The average Bonchev–Trinajstić information content (AvgIpc) is 2.62. The van der Waals surface area contributed by atoms with E-state index in [0.29, 0.717) is 6.07 Å². The fourth-order valence-electron chi connectivity index (χ4n) is 2.56. The Bertz CT molecular complexity index is 761. The number of carbonyl (C=O) groups is 3. The van der Waals surface area contributed by atoms with Gasteiger partial charge in [0.2, 0.25) is 0 Å². The van der Waals surface area contributed by atoms with Crippen molar-refractivity contribution in [3.8, 4) is 0 Å². The van der Waals surface area contributed by atoms with E-state index < -0.39 is 35.9 Å². The number of benzene rings is 1. The van der Waals surface area contributed by atoms with Crippen LogP contribution in [0.15, 0.2) is 12.1 Å². The average molecular weight is 419 g/mol. The van der Waals surface area contributed by atoms with E-state index in [1.807, 2.05) is 0 Å². The maximum atomic E-state index is 13.4. The summed E-state index contributed by atoms with van der Waals surface area (Å²) in [7, 11) is 2.27. The van der Waals surface area contributed by atoms with E-state index in [2.05, 4.69) is 9.47 Å². The van der Waals surface area contributed by atoms with Crippen LogP contribution in [0.1, 0.15) is 48.2 Å². The Balaban J connectivity index is 3.50. The van der Waals surface area contributed by atoms with E-state index in [0.717, 1.165) is 18.1 Å². The number of ether oxygens (including phenoxy) is 3. The highest BCUT2D eigenvalue weighted by Gasteiger charge is 2.35. The fraction of sp³-hybridized carbons (Fsp3) is 0.526. The van der Waals surface area contributed by atoms with Crippen LogP contribution in [-0.4, -0.2) is 44.9 Å². The first-order chi connectivity index (χ1) is 13.4. The summed E-state index contributed by atoms with van der Waals surface area (Å²) in [6, 6.07) is 1.72. The Morgan fingerprint density at radius 3 is 2.21 bits per heavy atom. The van der Waals surface area contributed by atoms with Crippen molar-refractivity contribution in [3.05, 3.63) is 28.8 Å². The molecule has 0 N–H and O–H groups in total. The molecule has 0 spiro atoms. The first-order valence-electron chi connectivity index (χ1n) is 8.77. The molecule has 0 radical (unpaired) electrons. The third kappa shape index (κ3) is 6.65. The molecule has 162 valence electrons. The summed E-state index contributed by atoms with van der Waals surface area (Å²) in [5, 5.41) is 0. The van der Waals surface area contributed by atoms with Gasteiger partial charge >= 0.3 is 24.2 Å². The van der Waals surface area contributed by atoms with Crippen molar-refractivity contribution in [2.45, 2.75) is 45.9 Å². The smallest absolute Gasteiger partial charge is 0.416 e. The van der Waals surface area contributed by atoms with Crippen LogP contribution < -0.4 is 4.90 Å². The Morgan fingerprint density at radius 1 is 1.10 bits per heavy atom. The van der Waals surface area contributed by atoms with Gasteiger partial charge in [0.1, 0.15) is 0 Å². The normalized spacial score (nSPS) is 11.2. The van der Waals surface area contributed by atoms with Crippen LogP contribution in [0.5, 0.6) is 0 Å². The number of anilines is 1. The molecular formula is C19H24F3NO6. The van der Waals surface area contributed by atoms with Gasteiger partial charge in [-0.05, 0) is 44.9 Å². The van der Waals surface area contributed by atoms with Gasteiger partial charge in [0.15, 0.2) is 0 Å². The predicted octanol–water partition coefficient (Wildman–Crippen LogP) is 4.11. The molecule has 1 amide bonds. The fourth-order valence-corrected chi connectivity index (χ4v) is 2.56. The van der Waals surface area contributed by atoms with E-state index in [9.17, 15) is 27.6 Å². The number of hydrogen-bond donors (Lipinski definition) is 0. The summed E-state index contributed by atoms with van der Waals surface area (Å²) < 4.78 is 54.5. The molecule has 1 aromatic rings. The summed E-state index contributed by atoms with van der Waals surface area (Å²) in [5.74, 6) is -1.46. The number of amides is 1. The van der Waals surface area contributed by atoms with Crippen molar-refractivity contribution in [1.29, 1.82) is 0 Å². The van der Waals surface area contributed by atoms with Crippen molar-refractivity contribution in [3.63, 3.8) is 0 Å². The molecule has 0 aliphatic heterocycles. The zero-order valence-corrected chi connectivity index (χ0v) is 16.9. The minimum atomic E-state index is -4.70. The van der Waals surface area contributed by atoms with Gasteiger partial charge < -0.3 is 14.2 Å². The first-order valence-corrected chi connectivity index (χ1v) is 8.77. The molecule has 1 aromatic carbocycles. The van der Waals surface area contributed by atoms with Gasteiger partial charge in [-0.25, -0.2) is 9.59 Å². The molecule has 0 fully saturated rings. The van der Waals surface area contributed by atoms with Gasteiger partial charge in [-0.15, -0.1) is 0 Å². The van der Waals surface area contributed by atoms with E-state index in [4.69, 9.17) is 4.74 Å². The van der Waals surface area contributed by atoms with Crippen LogP contribution in [0.25, 0.3) is 0 Å². The number of methoxy groups -OCH3 is 2. The largest absolute Gasteiger partial charge is 0.469 e. The van der Waals surface area contributed by atoms with Crippen molar-refractivity contribution < 1.29 is 41.8 Å². The second-order valence-corrected chi connectivity index (χ2v) is 6.44.